The average Bonchev–Trinajstić information content (AvgIpc) is 3.32. The predicted octanol–water partition coefficient (Wildman–Crippen LogP) is 7.98. The first kappa shape index (κ1) is 24.8. The lowest BCUT2D eigenvalue weighted by atomic mass is 10.0. The van der Waals surface area contributed by atoms with Crippen molar-refractivity contribution in [1.82, 2.24) is 14.5 Å². The van der Waals surface area contributed by atoms with Gasteiger partial charge in [-0.25, -0.2) is 13.8 Å². The van der Waals surface area contributed by atoms with Gasteiger partial charge in [0.25, 0.3) is 0 Å². The summed E-state index contributed by atoms with van der Waals surface area (Å²) in [6.45, 7) is 4.47. The van der Waals surface area contributed by atoms with Crippen LogP contribution in [-0.2, 0) is 26.2 Å². The average molecular weight is 496 g/mol. The maximum absolute atomic E-state index is 14.7. The third kappa shape index (κ3) is 5.78. The van der Waals surface area contributed by atoms with Crippen LogP contribution in [0.15, 0.2) is 97.2 Å². The monoisotopic (exact) mass is 495 g/mol. The highest BCUT2D eigenvalue weighted by molar-refractivity contribution is 5.85. The molecule has 0 aliphatic rings. The molecule has 5 rings (SSSR count). The fraction of sp³-hybridized carbons (Fsp3) is 0.219. The van der Waals surface area contributed by atoms with Gasteiger partial charge in [0.15, 0.2) is 0 Å². The highest BCUT2D eigenvalue weighted by Gasteiger charge is 2.18. The lowest BCUT2D eigenvalue weighted by Gasteiger charge is -2.25. The van der Waals surface area contributed by atoms with E-state index in [2.05, 4.69) is 58.9 Å². The second kappa shape index (κ2) is 11.5. The van der Waals surface area contributed by atoms with E-state index in [0.29, 0.717) is 18.7 Å². The van der Waals surface area contributed by atoms with E-state index >= 15 is 0 Å². The van der Waals surface area contributed by atoms with Gasteiger partial charge in [-0.15, -0.1) is 0 Å². The van der Waals surface area contributed by atoms with Crippen LogP contribution in [0.2, 0.25) is 0 Å². The third-order valence-electron chi connectivity index (χ3n) is 6.77. The normalized spacial score (nSPS) is 11.5. The summed E-state index contributed by atoms with van der Waals surface area (Å²) in [4.78, 5) is 6.96. The van der Waals surface area contributed by atoms with Gasteiger partial charge in [-0.05, 0) is 41.0 Å². The Morgan fingerprint density at radius 1 is 0.784 bits per heavy atom. The molecule has 0 unspecified atom stereocenters. The molecule has 5 aromatic rings. The van der Waals surface area contributed by atoms with Crippen molar-refractivity contribution in [2.75, 3.05) is 0 Å². The van der Waals surface area contributed by atoms with Gasteiger partial charge in [0.2, 0.25) is 0 Å². The molecule has 1 aromatic heterocycles. The number of hydrogen-bond donors (Lipinski definition) is 0. The zero-order valence-corrected chi connectivity index (χ0v) is 21.1. The van der Waals surface area contributed by atoms with E-state index in [1.165, 1.54) is 23.6 Å². The van der Waals surface area contributed by atoms with E-state index in [4.69, 9.17) is 4.98 Å². The quantitative estimate of drug-likeness (QED) is 0.196. The van der Waals surface area contributed by atoms with E-state index in [9.17, 15) is 8.78 Å². The van der Waals surface area contributed by atoms with Crippen molar-refractivity contribution in [2.24, 2.45) is 0 Å². The Labute approximate surface area is 217 Å². The van der Waals surface area contributed by atoms with E-state index in [-0.39, 0.29) is 6.54 Å². The summed E-state index contributed by atoms with van der Waals surface area (Å²) < 4.78 is 31.1. The maximum atomic E-state index is 14.7. The van der Waals surface area contributed by atoms with Gasteiger partial charge in [0.1, 0.15) is 17.5 Å². The Morgan fingerprint density at radius 3 is 2.38 bits per heavy atom. The first-order valence-electron chi connectivity index (χ1n) is 12.8. The maximum Gasteiger partial charge on any atom is 0.140 e. The Bertz CT molecular complexity index is 1470. The van der Waals surface area contributed by atoms with E-state index in [1.54, 1.807) is 0 Å². The SMILES string of the molecule is CCCCn1c(CN(Cc2cc(F)ccc2F)Cc2cccc3ccccc23)cnc1-c1ccccc1. The molecule has 188 valence electrons. The molecule has 0 aliphatic carbocycles. The molecule has 0 N–H and O–H groups in total. The topological polar surface area (TPSA) is 21.1 Å². The minimum atomic E-state index is -0.430. The van der Waals surface area contributed by atoms with Crippen LogP contribution in [0.3, 0.4) is 0 Å². The summed E-state index contributed by atoms with van der Waals surface area (Å²) in [5, 5.41) is 2.33. The molecule has 0 fully saturated rings. The highest BCUT2D eigenvalue weighted by Crippen LogP contribution is 2.25. The van der Waals surface area contributed by atoms with Gasteiger partial charge in [-0.3, -0.25) is 4.90 Å². The van der Waals surface area contributed by atoms with Gasteiger partial charge in [0, 0.05) is 37.3 Å². The zero-order valence-electron chi connectivity index (χ0n) is 21.1. The predicted molar refractivity (Wildman–Crippen MR) is 146 cm³/mol. The van der Waals surface area contributed by atoms with Gasteiger partial charge < -0.3 is 4.57 Å². The number of aromatic nitrogens is 2. The molecule has 0 saturated carbocycles. The molecule has 0 atom stereocenters. The Balaban J connectivity index is 1.52. The molecule has 4 aromatic carbocycles. The molecular weight excluding hydrogens is 464 g/mol. The number of nitrogens with zero attached hydrogens (tertiary/aromatic N) is 3. The summed E-state index contributed by atoms with van der Waals surface area (Å²) in [7, 11) is 0. The molecule has 0 radical (unpaired) electrons. The van der Waals surface area contributed by atoms with Crippen molar-refractivity contribution < 1.29 is 8.78 Å². The fourth-order valence-corrected chi connectivity index (χ4v) is 4.89. The van der Waals surface area contributed by atoms with Crippen LogP contribution in [-0.4, -0.2) is 14.5 Å². The molecule has 5 heteroatoms. The molecule has 3 nitrogen and oxygen atoms in total. The van der Waals surface area contributed by atoms with Crippen molar-refractivity contribution in [2.45, 2.75) is 45.9 Å². The lowest BCUT2D eigenvalue weighted by molar-refractivity contribution is 0.238. The minimum absolute atomic E-state index is 0.284. The molecule has 0 spiro atoms. The van der Waals surface area contributed by atoms with Crippen molar-refractivity contribution in [3.8, 4) is 11.4 Å². The van der Waals surface area contributed by atoms with Crippen LogP contribution < -0.4 is 0 Å². The minimum Gasteiger partial charge on any atom is -0.327 e. The lowest BCUT2D eigenvalue weighted by Crippen LogP contribution is -2.25. The number of hydrogen-bond acceptors (Lipinski definition) is 2. The van der Waals surface area contributed by atoms with Crippen LogP contribution in [0.1, 0.15) is 36.6 Å². The van der Waals surface area contributed by atoms with Gasteiger partial charge >= 0.3 is 0 Å². The van der Waals surface area contributed by atoms with Crippen LogP contribution in [0.25, 0.3) is 22.2 Å². The Kier molecular flexibility index (Phi) is 7.71. The summed E-state index contributed by atoms with van der Waals surface area (Å²) >= 11 is 0. The van der Waals surface area contributed by atoms with Crippen LogP contribution >= 0.6 is 0 Å². The summed E-state index contributed by atoms with van der Waals surface area (Å²) in [6.07, 6.45) is 4.03. The van der Waals surface area contributed by atoms with Crippen molar-refractivity contribution in [3.05, 3.63) is 126 Å². The fourth-order valence-electron chi connectivity index (χ4n) is 4.89. The second-order valence-corrected chi connectivity index (χ2v) is 9.46. The molecular formula is C32H31F2N3. The third-order valence-corrected chi connectivity index (χ3v) is 6.77. The second-order valence-electron chi connectivity index (χ2n) is 9.46. The van der Waals surface area contributed by atoms with Crippen molar-refractivity contribution in [3.63, 3.8) is 0 Å². The molecule has 0 bridgehead atoms. The molecule has 37 heavy (non-hydrogen) atoms. The first-order valence-corrected chi connectivity index (χ1v) is 12.8. The first-order chi connectivity index (χ1) is 18.1. The summed E-state index contributed by atoms with van der Waals surface area (Å²) in [5.41, 5.74) is 3.63. The van der Waals surface area contributed by atoms with Crippen LogP contribution in [0.4, 0.5) is 8.78 Å². The number of benzene rings is 4. The Hall–Kier alpha value is -3.83. The number of halogens is 2. The molecule has 0 amide bonds. The van der Waals surface area contributed by atoms with Crippen LogP contribution in [0, 0.1) is 11.6 Å². The largest absolute Gasteiger partial charge is 0.327 e. The van der Waals surface area contributed by atoms with E-state index in [0.717, 1.165) is 47.4 Å². The Morgan fingerprint density at radius 2 is 1.54 bits per heavy atom. The number of imidazole rings is 1. The number of unbranched alkanes of at least 4 members (excludes halogenated alkanes) is 1. The van der Waals surface area contributed by atoms with Gasteiger partial charge in [-0.1, -0.05) is 86.1 Å². The molecule has 1 heterocycles. The number of fused-ring (bicyclic) bond motifs is 1. The van der Waals surface area contributed by atoms with Crippen molar-refractivity contribution >= 4 is 10.8 Å². The van der Waals surface area contributed by atoms with Gasteiger partial charge in [0.05, 0.1) is 11.9 Å². The smallest absolute Gasteiger partial charge is 0.140 e. The van der Waals surface area contributed by atoms with Crippen LogP contribution in [0.5, 0.6) is 0 Å². The molecule has 0 aliphatic heterocycles. The van der Waals surface area contributed by atoms with E-state index in [1.807, 2.05) is 36.5 Å². The highest BCUT2D eigenvalue weighted by atomic mass is 19.1. The standard InChI is InChI=1S/C32H31F2N3/c1-2-3-18-37-29(20-35-32(37)25-11-5-4-6-12-25)23-36(22-27-19-28(33)16-17-31(27)34)21-26-14-9-13-24-10-7-8-15-30(24)26/h4-17,19-20H,2-3,18,21-23H2,1H3. The zero-order chi connectivity index (χ0) is 25.6. The summed E-state index contributed by atoms with van der Waals surface area (Å²) in [5.74, 6) is 0.112. The van der Waals surface area contributed by atoms with E-state index < -0.39 is 11.6 Å². The number of rotatable bonds is 10. The van der Waals surface area contributed by atoms with Gasteiger partial charge in [-0.2, -0.15) is 0 Å². The van der Waals surface area contributed by atoms with Crippen molar-refractivity contribution in [1.29, 1.82) is 0 Å². The summed E-state index contributed by atoms with van der Waals surface area (Å²) in [6, 6.07) is 28.4. The molecule has 0 saturated heterocycles.